The second-order valence-corrected chi connectivity index (χ2v) is 7.82. The van der Waals surface area contributed by atoms with E-state index in [4.69, 9.17) is 9.72 Å². The lowest BCUT2D eigenvalue weighted by Crippen LogP contribution is -2.36. The van der Waals surface area contributed by atoms with Crippen molar-refractivity contribution in [3.05, 3.63) is 45.4 Å². The van der Waals surface area contributed by atoms with E-state index in [0.29, 0.717) is 6.54 Å². The van der Waals surface area contributed by atoms with Gasteiger partial charge in [0.15, 0.2) is 6.10 Å². The fourth-order valence-corrected chi connectivity index (χ4v) is 4.18. The number of ether oxygens (including phenoxy) is 1. The van der Waals surface area contributed by atoms with Crippen LogP contribution in [-0.4, -0.2) is 23.5 Å². The van der Waals surface area contributed by atoms with Crippen LogP contribution in [0.25, 0.3) is 0 Å². The molecule has 0 saturated heterocycles. The molecule has 0 bridgehead atoms. The molecule has 1 aromatic carbocycles. The number of carbonyl (C=O) groups excluding carboxylic acids is 1. The SMILES string of the molecule is Cc1ccc(OC(C)C(=O)NCCCc2nc3c(s2)CCCC3)cc1. The zero-order chi connectivity index (χ0) is 17.6. The molecular weight excluding hydrogens is 332 g/mol. The number of aromatic nitrogens is 1. The summed E-state index contributed by atoms with van der Waals surface area (Å²) in [7, 11) is 0. The Hall–Kier alpha value is -1.88. The summed E-state index contributed by atoms with van der Waals surface area (Å²) >= 11 is 1.85. The number of carbonyl (C=O) groups is 1. The number of aryl methyl sites for hydroxylation is 4. The highest BCUT2D eigenvalue weighted by molar-refractivity contribution is 7.11. The summed E-state index contributed by atoms with van der Waals surface area (Å²) in [6.45, 7) is 4.47. The van der Waals surface area contributed by atoms with Crippen LogP contribution in [0.3, 0.4) is 0 Å². The van der Waals surface area contributed by atoms with Gasteiger partial charge in [-0.2, -0.15) is 0 Å². The van der Waals surface area contributed by atoms with E-state index in [1.165, 1.54) is 40.4 Å². The Labute approximate surface area is 153 Å². The Bertz CT molecular complexity index is 685. The molecule has 1 heterocycles. The first-order valence-electron chi connectivity index (χ1n) is 9.10. The van der Waals surface area contributed by atoms with Gasteiger partial charge >= 0.3 is 0 Å². The standard InChI is InChI=1S/C20H26N2O2S/c1-14-9-11-16(12-10-14)24-15(2)20(23)21-13-5-8-19-22-17-6-3-4-7-18(17)25-19/h9-12,15H,3-8,13H2,1-2H3,(H,21,23). The van der Waals surface area contributed by atoms with Gasteiger partial charge in [-0.1, -0.05) is 17.7 Å². The Balaban J connectivity index is 1.38. The van der Waals surface area contributed by atoms with E-state index < -0.39 is 6.10 Å². The number of fused-ring (bicyclic) bond motifs is 1. The molecule has 0 radical (unpaired) electrons. The lowest BCUT2D eigenvalue weighted by atomic mass is 10.0. The van der Waals surface area contributed by atoms with Gasteiger partial charge in [-0.05, 0) is 58.1 Å². The lowest BCUT2D eigenvalue weighted by molar-refractivity contribution is -0.127. The van der Waals surface area contributed by atoms with Gasteiger partial charge in [-0.15, -0.1) is 11.3 Å². The molecule has 2 aromatic rings. The van der Waals surface area contributed by atoms with E-state index in [0.717, 1.165) is 25.0 Å². The van der Waals surface area contributed by atoms with Gasteiger partial charge in [0.25, 0.3) is 5.91 Å². The van der Waals surface area contributed by atoms with Crippen LogP contribution < -0.4 is 10.1 Å². The zero-order valence-electron chi connectivity index (χ0n) is 15.0. The topological polar surface area (TPSA) is 51.2 Å². The number of hydrogen-bond donors (Lipinski definition) is 1. The van der Waals surface area contributed by atoms with E-state index in [-0.39, 0.29) is 5.91 Å². The quantitative estimate of drug-likeness (QED) is 0.765. The van der Waals surface area contributed by atoms with E-state index in [1.54, 1.807) is 6.92 Å². The average Bonchev–Trinajstić information content (AvgIpc) is 3.03. The molecule has 1 aliphatic rings. The minimum absolute atomic E-state index is 0.0704. The molecule has 1 unspecified atom stereocenters. The van der Waals surface area contributed by atoms with Gasteiger partial charge in [-0.3, -0.25) is 4.79 Å². The summed E-state index contributed by atoms with van der Waals surface area (Å²) < 4.78 is 5.68. The Morgan fingerprint density at radius 1 is 1.28 bits per heavy atom. The predicted molar refractivity (Wildman–Crippen MR) is 101 cm³/mol. The number of thiazole rings is 1. The summed E-state index contributed by atoms with van der Waals surface area (Å²) in [5.41, 5.74) is 2.49. The molecule has 1 N–H and O–H groups in total. The van der Waals surface area contributed by atoms with Crippen LogP contribution in [-0.2, 0) is 24.1 Å². The Morgan fingerprint density at radius 3 is 2.80 bits per heavy atom. The Morgan fingerprint density at radius 2 is 2.04 bits per heavy atom. The minimum Gasteiger partial charge on any atom is -0.481 e. The van der Waals surface area contributed by atoms with Crippen LogP contribution >= 0.6 is 11.3 Å². The molecule has 25 heavy (non-hydrogen) atoms. The zero-order valence-corrected chi connectivity index (χ0v) is 15.8. The van der Waals surface area contributed by atoms with Crippen molar-refractivity contribution in [2.24, 2.45) is 0 Å². The number of hydrogen-bond acceptors (Lipinski definition) is 4. The number of amides is 1. The van der Waals surface area contributed by atoms with Gasteiger partial charge in [0.05, 0.1) is 10.7 Å². The maximum Gasteiger partial charge on any atom is 0.260 e. The number of nitrogens with zero attached hydrogens (tertiary/aromatic N) is 1. The van der Waals surface area contributed by atoms with Crippen LogP contribution in [0.15, 0.2) is 24.3 Å². The molecule has 1 aromatic heterocycles. The highest BCUT2D eigenvalue weighted by Crippen LogP contribution is 2.27. The largest absolute Gasteiger partial charge is 0.481 e. The number of benzene rings is 1. The van der Waals surface area contributed by atoms with E-state index in [2.05, 4.69) is 5.32 Å². The molecule has 1 amide bonds. The molecule has 0 spiro atoms. The van der Waals surface area contributed by atoms with Crippen LogP contribution in [0.4, 0.5) is 0 Å². The highest BCUT2D eigenvalue weighted by atomic mass is 32.1. The maximum atomic E-state index is 12.1. The van der Waals surface area contributed by atoms with Gasteiger partial charge in [-0.25, -0.2) is 4.98 Å². The van der Waals surface area contributed by atoms with Crippen molar-refractivity contribution in [1.29, 1.82) is 0 Å². The fraction of sp³-hybridized carbons (Fsp3) is 0.500. The first-order chi connectivity index (χ1) is 12.1. The summed E-state index contributed by atoms with van der Waals surface area (Å²) in [5, 5.41) is 4.17. The molecule has 0 saturated carbocycles. The molecule has 5 heteroatoms. The molecule has 4 nitrogen and oxygen atoms in total. The van der Waals surface area contributed by atoms with E-state index in [9.17, 15) is 4.79 Å². The van der Waals surface area contributed by atoms with Crippen molar-refractivity contribution in [1.82, 2.24) is 10.3 Å². The highest BCUT2D eigenvalue weighted by Gasteiger charge is 2.16. The van der Waals surface area contributed by atoms with Crippen molar-refractivity contribution < 1.29 is 9.53 Å². The summed E-state index contributed by atoms with van der Waals surface area (Å²) in [6.07, 6.45) is 6.25. The first kappa shape index (κ1) is 17.9. The van der Waals surface area contributed by atoms with Crippen molar-refractivity contribution in [3.63, 3.8) is 0 Å². The summed E-state index contributed by atoms with van der Waals surface area (Å²) in [5.74, 6) is 0.653. The molecule has 134 valence electrons. The van der Waals surface area contributed by atoms with Gasteiger partial charge in [0, 0.05) is 17.8 Å². The minimum atomic E-state index is -0.491. The molecular formula is C20H26N2O2S. The number of rotatable bonds is 7. The fourth-order valence-electron chi connectivity index (χ4n) is 2.98. The third-order valence-electron chi connectivity index (χ3n) is 4.46. The van der Waals surface area contributed by atoms with Crippen LogP contribution in [0.2, 0.25) is 0 Å². The summed E-state index contributed by atoms with van der Waals surface area (Å²) in [6, 6.07) is 7.74. The average molecular weight is 359 g/mol. The summed E-state index contributed by atoms with van der Waals surface area (Å²) in [4.78, 5) is 18.4. The van der Waals surface area contributed by atoms with Crippen molar-refractivity contribution in [2.45, 2.75) is 58.5 Å². The third-order valence-corrected chi connectivity index (χ3v) is 5.68. The van der Waals surface area contributed by atoms with Crippen molar-refractivity contribution in [2.75, 3.05) is 6.54 Å². The van der Waals surface area contributed by atoms with Gasteiger partial charge < -0.3 is 10.1 Å². The normalized spacial score (nSPS) is 14.6. The molecule has 1 aliphatic carbocycles. The van der Waals surface area contributed by atoms with Crippen molar-refractivity contribution >= 4 is 17.2 Å². The second kappa shape index (κ2) is 8.48. The smallest absolute Gasteiger partial charge is 0.260 e. The van der Waals surface area contributed by atoms with E-state index >= 15 is 0 Å². The number of nitrogens with one attached hydrogen (secondary N) is 1. The Kier molecular flexibility index (Phi) is 6.08. The van der Waals surface area contributed by atoms with Crippen molar-refractivity contribution in [3.8, 4) is 5.75 Å². The maximum absolute atomic E-state index is 12.1. The predicted octanol–water partition coefficient (Wildman–Crippen LogP) is 3.85. The van der Waals surface area contributed by atoms with E-state index in [1.807, 2.05) is 42.5 Å². The monoisotopic (exact) mass is 358 g/mol. The molecule has 3 rings (SSSR count). The first-order valence-corrected chi connectivity index (χ1v) is 9.92. The van der Waals surface area contributed by atoms with Crippen LogP contribution in [0.5, 0.6) is 5.75 Å². The second-order valence-electron chi connectivity index (χ2n) is 6.65. The molecule has 1 atom stereocenters. The third kappa shape index (κ3) is 5.05. The molecule has 0 aliphatic heterocycles. The van der Waals surface area contributed by atoms with Gasteiger partial charge in [0.2, 0.25) is 0 Å². The van der Waals surface area contributed by atoms with Gasteiger partial charge in [0.1, 0.15) is 5.75 Å². The lowest BCUT2D eigenvalue weighted by Gasteiger charge is -2.14. The van der Waals surface area contributed by atoms with Crippen LogP contribution in [0.1, 0.15) is 47.3 Å². The van der Waals surface area contributed by atoms with Crippen LogP contribution in [0, 0.1) is 6.92 Å². The molecule has 0 fully saturated rings.